The number of hydrogen-bond acceptors (Lipinski definition) is 4. The molecule has 1 aliphatic rings. The standard InChI is InChI=1S/C8H13IO4/c1-8(2)12-5(4-9)6(13-8)7(10)11-3/h5-6H,4H2,1-3H3/t5-,6+/m1/s1. The Morgan fingerprint density at radius 2 is 2.15 bits per heavy atom. The van der Waals surface area contributed by atoms with Crippen LogP contribution in [0.15, 0.2) is 0 Å². The molecule has 0 amide bonds. The Balaban J connectivity index is 2.69. The molecule has 1 aliphatic heterocycles. The van der Waals surface area contributed by atoms with Gasteiger partial charge in [0, 0.05) is 4.43 Å². The summed E-state index contributed by atoms with van der Waals surface area (Å²) in [4.78, 5) is 11.2. The molecule has 1 rings (SSSR count). The lowest BCUT2D eigenvalue weighted by molar-refractivity contribution is -0.168. The zero-order chi connectivity index (χ0) is 10.1. The Morgan fingerprint density at radius 1 is 1.54 bits per heavy atom. The van der Waals surface area contributed by atoms with Gasteiger partial charge in [0.2, 0.25) is 0 Å². The fraction of sp³-hybridized carbons (Fsp3) is 0.875. The molecule has 0 aromatic carbocycles. The molecule has 0 aromatic heterocycles. The second-order valence-corrected chi connectivity index (χ2v) is 4.15. The molecule has 5 heteroatoms. The third-order valence-electron chi connectivity index (χ3n) is 1.77. The van der Waals surface area contributed by atoms with Gasteiger partial charge in [0.25, 0.3) is 0 Å². The maximum atomic E-state index is 11.2. The Labute approximate surface area is 91.1 Å². The quantitative estimate of drug-likeness (QED) is 0.435. The molecular weight excluding hydrogens is 287 g/mol. The van der Waals surface area contributed by atoms with Crippen LogP contribution in [0.2, 0.25) is 0 Å². The minimum absolute atomic E-state index is 0.206. The number of alkyl halides is 1. The molecule has 0 aromatic rings. The van der Waals surface area contributed by atoms with Crippen LogP contribution in [0.3, 0.4) is 0 Å². The Bertz CT molecular complexity index is 204. The highest BCUT2D eigenvalue weighted by atomic mass is 127. The number of carbonyl (C=O) groups excluding carboxylic acids is 1. The first-order valence-electron chi connectivity index (χ1n) is 3.99. The molecule has 13 heavy (non-hydrogen) atoms. The normalized spacial score (nSPS) is 31.7. The van der Waals surface area contributed by atoms with Gasteiger partial charge in [-0.25, -0.2) is 4.79 Å². The first-order chi connectivity index (χ1) is 6.00. The lowest BCUT2D eigenvalue weighted by Crippen LogP contribution is -2.33. The van der Waals surface area contributed by atoms with Crippen LogP contribution in [0.5, 0.6) is 0 Å². The molecule has 0 aliphatic carbocycles. The van der Waals surface area contributed by atoms with Crippen LogP contribution in [0.4, 0.5) is 0 Å². The van der Waals surface area contributed by atoms with Crippen LogP contribution < -0.4 is 0 Å². The zero-order valence-corrected chi connectivity index (χ0v) is 10.0. The molecule has 0 unspecified atom stereocenters. The van der Waals surface area contributed by atoms with Crippen LogP contribution in [0.25, 0.3) is 0 Å². The average Bonchev–Trinajstić information content (AvgIpc) is 2.39. The first kappa shape index (κ1) is 11.2. The van der Waals surface area contributed by atoms with Gasteiger partial charge in [-0.3, -0.25) is 0 Å². The van der Waals surface area contributed by atoms with Gasteiger partial charge in [0.15, 0.2) is 11.9 Å². The van der Waals surface area contributed by atoms with Crippen molar-refractivity contribution < 1.29 is 19.0 Å². The average molecular weight is 300 g/mol. The van der Waals surface area contributed by atoms with Crippen molar-refractivity contribution in [2.24, 2.45) is 0 Å². The molecule has 76 valence electrons. The summed E-state index contributed by atoms with van der Waals surface area (Å²) < 4.78 is 16.2. The minimum atomic E-state index is -0.686. The number of hydrogen-bond donors (Lipinski definition) is 0. The van der Waals surface area contributed by atoms with Gasteiger partial charge in [0.05, 0.1) is 7.11 Å². The highest BCUT2D eigenvalue weighted by Crippen LogP contribution is 2.29. The van der Waals surface area contributed by atoms with Crippen molar-refractivity contribution >= 4 is 28.6 Å². The van der Waals surface area contributed by atoms with E-state index < -0.39 is 11.9 Å². The molecule has 4 nitrogen and oxygen atoms in total. The van der Waals surface area contributed by atoms with E-state index in [1.54, 1.807) is 13.8 Å². The van der Waals surface area contributed by atoms with Gasteiger partial charge in [0.1, 0.15) is 6.10 Å². The van der Waals surface area contributed by atoms with E-state index in [1.807, 2.05) is 0 Å². The summed E-state index contributed by atoms with van der Waals surface area (Å²) in [7, 11) is 1.35. The van der Waals surface area contributed by atoms with Gasteiger partial charge in [-0.15, -0.1) is 0 Å². The minimum Gasteiger partial charge on any atom is -0.467 e. The summed E-state index contributed by atoms with van der Waals surface area (Å²) in [5.74, 6) is -1.05. The molecule has 0 spiro atoms. The van der Waals surface area contributed by atoms with E-state index in [2.05, 4.69) is 27.3 Å². The maximum Gasteiger partial charge on any atom is 0.337 e. The molecule has 2 atom stereocenters. The Hall–Kier alpha value is 0.120. The second-order valence-electron chi connectivity index (χ2n) is 3.27. The highest BCUT2D eigenvalue weighted by Gasteiger charge is 2.45. The number of rotatable bonds is 2. The van der Waals surface area contributed by atoms with Crippen molar-refractivity contribution in [3.63, 3.8) is 0 Å². The molecule has 1 fully saturated rings. The summed E-state index contributed by atoms with van der Waals surface area (Å²) >= 11 is 2.16. The van der Waals surface area contributed by atoms with Crippen LogP contribution in [-0.4, -0.2) is 35.5 Å². The summed E-state index contributed by atoms with van der Waals surface area (Å²) in [6.45, 7) is 3.57. The SMILES string of the molecule is COC(=O)[C@H]1OC(C)(C)O[C@@H]1CI. The van der Waals surface area contributed by atoms with E-state index in [1.165, 1.54) is 7.11 Å². The third kappa shape index (κ3) is 2.54. The molecular formula is C8H13IO4. The van der Waals surface area contributed by atoms with Gasteiger partial charge >= 0.3 is 5.97 Å². The second kappa shape index (κ2) is 4.10. The van der Waals surface area contributed by atoms with Gasteiger partial charge in [-0.2, -0.15) is 0 Å². The number of ether oxygens (including phenoxy) is 3. The van der Waals surface area contributed by atoms with Crippen molar-refractivity contribution in [3.8, 4) is 0 Å². The van der Waals surface area contributed by atoms with E-state index in [0.717, 1.165) is 0 Å². The highest BCUT2D eigenvalue weighted by molar-refractivity contribution is 14.1. The van der Waals surface area contributed by atoms with E-state index >= 15 is 0 Å². The van der Waals surface area contributed by atoms with E-state index in [9.17, 15) is 4.79 Å². The summed E-state index contributed by atoms with van der Waals surface area (Å²) in [5.41, 5.74) is 0. The van der Waals surface area contributed by atoms with E-state index in [0.29, 0.717) is 4.43 Å². The van der Waals surface area contributed by atoms with Crippen molar-refractivity contribution in [1.82, 2.24) is 0 Å². The maximum absolute atomic E-state index is 11.2. The Morgan fingerprint density at radius 3 is 2.62 bits per heavy atom. The van der Waals surface area contributed by atoms with Crippen molar-refractivity contribution in [2.75, 3.05) is 11.5 Å². The molecule has 1 heterocycles. The lowest BCUT2D eigenvalue weighted by Gasteiger charge is -2.15. The lowest BCUT2D eigenvalue weighted by atomic mass is 10.2. The first-order valence-corrected chi connectivity index (χ1v) is 5.52. The molecule has 0 bridgehead atoms. The van der Waals surface area contributed by atoms with Crippen molar-refractivity contribution in [3.05, 3.63) is 0 Å². The fourth-order valence-corrected chi connectivity index (χ4v) is 1.91. The van der Waals surface area contributed by atoms with Gasteiger partial charge < -0.3 is 14.2 Å². The van der Waals surface area contributed by atoms with E-state index in [-0.39, 0.29) is 12.1 Å². The van der Waals surface area contributed by atoms with Gasteiger partial charge in [-0.1, -0.05) is 22.6 Å². The number of halogens is 1. The number of esters is 1. The monoisotopic (exact) mass is 300 g/mol. The smallest absolute Gasteiger partial charge is 0.337 e. The summed E-state index contributed by atoms with van der Waals surface area (Å²) in [5, 5.41) is 0. The van der Waals surface area contributed by atoms with Gasteiger partial charge in [-0.05, 0) is 13.8 Å². The topological polar surface area (TPSA) is 44.8 Å². The molecule has 0 radical (unpaired) electrons. The van der Waals surface area contributed by atoms with Crippen molar-refractivity contribution in [1.29, 1.82) is 0 Å². The Kier molecular flexibility index (Phi) is 3.53. The van der Waals surface area contributed by atoms with Crippen LogP contribution in [-0.2, 0) is 19.0 Å². The number of carbonyl (C=O) groups is 1. The van der Waals surface area contributed by atoms with Crippen LogP contribution in [0, 0.1) is 0 Å². The molecule has 0 N–H and O–H groups in total. The van der Waals surface area contributed by atoms with Crippen molar-refractivity contribution in [2.45, 2.75) is 31.8 Å². The van der Waals surface area contributed by atoms with E-state index in [4.69, 9.17) is 9.47 Å². The number of methoxy groups -OCH3 is 1. The summed E-state index contributed by atoms with van der Waals surface area (Å²) in [6.07, 6.45) is -0.792. The fourth-order valence-electron chi connectivity index (χ4n) is 1.26. The summed E-state index contributed by atoms with van der Waals surface area (Å²) in [6, 6.07) is 0. The van der Waals surface area contributed by atoms with Crippen LogP contribution >= 0.6 is 22.6 Å². The third-order valence-corrected chi connectivity index (χ3v) is 2.64. The van der Waals surface area contributed by atoms with Crippen LogP contribution in [0.1, 0.15) is 13.8 Å². The molecule has 0 saturated carbocycles. The zero-order valence-electron chi connectivity index (χ0n) is 7.87. The predicted octanol–water partition coefficient (Wildman–Crippen LogP) is 1.11. The predicted molar refractivity (Wildman–Crippen MR) is 54.7 cm³/mol. The largest absolute Gasteiger partial charge is 0.467 e. The molecule has 1 saturated heterocycles.